The van der Waals surface area contributed by atoms with Crippen LogP contribution in [0.4, 0.5) is 0 Å². The van der Waals surface area contributed by atoms with Gasteiger partial charge in [0.15, 0.2) is 0 Å². The van der Waals surface area contributed by atoms with E-state index in [0.717, 1.165) is 19.3 Å². The Balaban J connectivity index is 3.20. The molecule has 0 atom stereocenters. The summed E-state index contributed by atoms with van der Waals surface area (Å²) in [4.78, 5) is 22.0. The van der Waals surface area contributed by atoms with Crippen molar-refractivity contribution in [2.75, 3.05) is 0 Å². The molecule has 0 spiro atoms. The summed E-state index contributed by atoms with van der Waals surface area (Å²) in [7, 11) is 0. The molecule has 1 amide bonds. The third-order valence-corrected chi connectivity index (χ3v) is 4.56. The van der Waals surface area contributed by atoms with Gasteiger partial charge in [-0.1, -0.05) is 103 Å². The Morgan fingerprint density at radius 1 is 0.720 bits per heavy atom. The Kier molecular flexibility index (Phi) is 16.6. The Morgan fingerprint density at radius 2 is 1.08 bits per heavy atom. The van der Waals surface area contributed by atoms with E-state index in [1.807, 2.05) is 0 Å². The van der Waals surface area contributed by atoms with E-state index in [2.05, 4.69) is 18.8 Å². The first-order valence-corrected chi connectivity index (χ1v) is 10.3. The second-order valence-electron chi connectivity index (χ2n) is 7.03. The maximum atomic E-state index is 11.5. The molecule has 0 fully saturated rings. The van der Waals surface area contributed by atoms with Crippen molar-refractivity contribution in [2.45, 2.75) is 110 Å². The van der Waals surface area contributed by atoms with Crippen molar-refractivity contribution in [3.05, 3.63) is 12.3 Å². The molecule has 0 aromatic carbocycles. The quantitative estimate of drug-likeness (QED) is 0.236. The lowest BCUT2D eigenvalue weighted by atomic mass is 10.0. The van der Waals surface area contributed by atoms with E-state index >= 15 is 0 Å². The van der Waals surface area contributed by atoms with Crippen LogP contribution in [0.25, 0.3) is 0 Å². The van der Waals surface area contributed by atoms with E-state index in [9.17, 15) is 9.59 Å². The van der Waals surface area contributed by atoms with Crippen LogP contribution in [0.15, 0.2) is 12.3 Å². The van der Waals surface area contributed by atoms with Gasteiger partial charge in [0, 0.05) is 6.42 Å². The van der Waals surface area contributed by atoms with Crippen LogP contribution in [0.1, 0.15) is 110 Å². The van der Waals surface area contributed by atoms with Crippen molar-refractivity contribution in [2.24, 2.45) is 0 Å². The number of rotatable bonds is 18. The topological polar surface area (TPSA) is 66.4 Å². The van der Waals surface area contributed by atoms with Gasteiger partial charge >= 0.3 is 5.97 Å². The molecule has 0 aromatic heterocycles. The van der Waals surface area contributed by atoms with Crippen LogP contribution >= 0.6 is 0 Å². The van der Waals surface area contributed by atoms with Crippen LogP contribution in [-0.4, -0.2) is 17.0 Å². The van der Waals surface area contributed by atoms with Crippen LogP contribution in [0.3, 0.4) is 0 Å². The SMILES string of the molecule is C=C(NC(=O)CCCCCCCCCCCCCCCCC)C(=O)O. The molecule has 2 N–H and O–H groups in total. The summed E-state index contributed by atoms with van der Waals surface area (Å²) in [5.41, 5.74) is -0.244. The molecule has 0 saturated heterocycles. The third kappa shape index (κ3) is 17.3. The average Bonchev–Trinajstić information content (AvgIpc) is 2.58. The molecular formula is C21H39NO3. The summed E-state index contributed by atoms with van der Waals surface area (Å²) in [5.74, 6) is -1.42. The van der Waals surface area contributed by atoms with E-state index in [1.165, 1.54) is 77.0 Å². The minimum atomic E-state index is -1.18. The van der Waals surface area contributed by atoms with E-state index in [4.69, 9.17) is 5.11 Å². The Hall–Kier alpha value is -1.32. The number of carboxylic acid groups (broad SMARTS) is 1. The Morgan fingerprint density at radius 3 is 1.44 bits per heavy atom. The number of amides is 1. The van der Waals surface area contributed by atoms with Gasteiger partial charge in [0.1, 0.15) is 5.70 Å². The van der Waals surface area contributed by atoms with Crippen molar-refractivity contribution in [1.29, 1.82) is 0 Å². The van der Waals surface area contributed by atoms with Crippen LogP contribution in [0.2, 0.25) is 0 Å². The van der Waals surface area contributed by atoms with Gasteiger partial charge in [0.25, 0.3) is 0 Å². The molecule has 0 aromatic rings. The molecule has 4 heteroatoms. The lowest BCUT2D eigenvalue weighted by Crippen LogP contribution is -2.26. The number of carboxylic acids is 1. The van der Waals surface area contributed by atoms with Crippen LogP contribution in [0.5, 0.6) is 0 Å². The Bertz CT molecular complexity index is 366. The highest BCUT2D eigenvalue weighted by atomic mass is 16.4. The highest BCUT2D eigenvalue weighted by molar-refractivity contribution is 5.91. The molecule has 0 aliphatic heterocycles. The summed E-state index contributed by atoms with van der Waals surface area (Å²) in [6, 6.07) is 0. The van der Waals surface area contributed by atoms with Crippen LogP contribution < -0.4 is 5.32 Å². The lowest BCUT2D eigenvalue weighted by Gasteiger charge is -2.05. The van der Waals surface area contributed by atoms with Gasteiger partial charge in [-0.25, -0.2) is 4.79 Å². The minimum Gasteiger partial charge on any atom is -0.477 e. The molecule has 146 valence electrons. The minimum absolute atomic E-state index is 0.244. The average molecular weight is 354 g/mol. The van der Waals surface area contributed by atoms with Crippen molar-refractivity contribution in [1.82, 2.24) is 5.32 Å². The first kappa shape index (κ1) is 23.7. The molecule has 0 aliphatic carbocycles. The fraction of sp³-hybridized carbons (Fsp3) is 0.810. The maximum absolute atomic E-state index is 11.5. The summed E-state index contributed by atoms with van der Waals surface area (Å²) >= 11 is 0. The van der Waals surface area contributed by atoms with Crippen molar-refractivity contribution in [3.63, 3.8) is 0 Å². The fourth-order valence-electron chi connectivity index (χ4n) is 2.94. The predicted molar refractivity (Wildman–Crippen MR) is 104 cm³/mol. The van der Waals surface area contributed by atoms with Gasteiger partial charge in [-0.3, -0.25) is 4.79 Å². The Labute approximate surface area is 154 Å². The molecule has 0 radical (unpaired) electrons. The molecule has 0 saturated carbocycles. The standard InChI is InChI=1S/C21H39NO3/c1-3-4-5-6-7-8-9-10-11-12-13-14-15-16-17-18-20(23)22-19(2)21(24)25/h2-18H2,1H3,(H,22,23)(H,24,25). The summed E-state index contributed by atoms with van der Waals surface area (Å²) in [6.45, 7) is 5.54. The van der Waals surface area contributed by atoms with Gasteiger partial charge in [0.2, 0.25) is 5.91 Å². The second kappa shape index (κ2) is 17.5. The van der Waals surface area contributed by atoms with Gasteiger partial charge in [-0.05, 0) is 6.42 Å². The smallest absolute Gasteiger partial charge is 0.351 e. The van der Waals surface area contributed by atoms with Crippen molar-refractivity contribution in [3.8, 4) is 0 Å². The lowest BCUT2D eigenvalue weighted by molar-refractivity contribution is -0.134. The van der Waals surface area contributed by atoms with E-state index in [-0.39, 0.29) is 11.6 Å². The van der Waals surface area contributed by atoms with Crippen LogP contribution in [-0.2, 0) is 9.59 Å². The third-order valence-electron chi connectivity index (χ3n) is 4.56. The molecule has 0 unspecified atom stereocenters. The largest absolute Gasteiger partial charge is 0.477 e. The molecule has 0 rings (SSSR count). The summed E-state index contributed by atoms with van der Waals surface area (Å²) in [6.07, 6.45) is 19.7. The molecule has 0 aliphatic rings. The first-order chi connectivity index (χ1) is 12.1. The molecule has 0 bridgehead atoms. The fourth-order valence-corrected chi connectivity index (χ4v) is 2.94. The van der Waals surface area contributed by atoms with Gasteiger partial charge in [-0.15, -0.1) is 0 Å². The number of hydrogen-bond donors (Lipinski definition) is 2. The normalized spacial score (nSPS) is 10.6. The molecule has 4 nitrogen and oxygen atoms in total. The summed E-state index contributed by atoms with van der Waals surface area (Å²) in [5, 5.41) is 10.9. The van der Waals surface area contributed by atoms with Gasteiger partial charge in [0.05, 0.1) is 0 Å². The van der Waals surface area contributed by atoms with E-state index in [1.54, 1.807) is 0 Å². The number of carbonyl (C=O) groups excluding carboxylic acids is 1. The first-order valence-electron chi connectivity index (χ1n) is 10.3. The van der Waals surface area contributed by atoms with E-state index < -0.39 is 5.97 Å². The van der Waals surface area contributed by atoms with Crippen LogP contribution in [0, 0.1) is 0 Å². The highest BCUT2D eigenvalue weighted by Gasteiger charge is 2.07. The molecule has 25 heavy (non-hydrogen) atoms. The maximum Gasteiger partial charge on any atom is 0.351 e. The number of hydrogen-bond acceptors (Lipinski definition) is 2. The zero-order valence-electron chi connectivity index (χ0n) is 16.3. The second-order valence-corrected chi connectivity index (χ2v) is 7.03. The zero-order valence-corrected chi connectivity index (χ0v) is 16.3. The monoisotopic (exact) mass is 353 g/mol. The number of carbonyl (C=O) groups is 2. The van der Waals surface area contributed by atoms with Gasteiger partial charge < -0.3 is 10.4 Å². The number of nitrogens with one attached hydrogen (secondary N) is 1. The number of aliphatic carboxylic acids is 1. The van der Waals surface area contributed by atoms with E-state index in [0.29, 0.717) is 6.42 Å². The molecule has 0 heterocycles. The highest BCUT2D eigenvalue weighted by Crippen LogP contribution is 2.13. The number of unbranched alkanes of at least 4 members (excludes halogenated alkanes) is 14. The molecular weight excluding hydrogens is 314 g/mol. The van der Waals surface area contributed by atoms with Gasteiger partial charge in [-0.2, -0.15) is 0 Å². The van der Waals surface area contributed by atoms with Crippen molar-refractivity contribution < 1.29 is 14.7 Å². The van der Waals surface area contributed by atoms with Crippen molar-refractivity contribution >= 4 is 11.9 Å². The zero-order chi connectivity index (χ0) is 18.8. The predicted octanol–water partition coefficient (Wildman–Crippen LogP) is 5.96. The summed E-state index contributed by atoms with van der Waals surface area (Å²) < 4.78 is 0.